The molecule has 0 saturated heterocycles. The molecule has 2 aromatic rings. The summed E-state index contributed by atoms with van der Waals surface area (Å²) < 4.78 is 0. The highest BCUT2D eigenvalue weighted by Crippen LogP contribution is 2.12. The van der Waals surface area contributed by atoms with E-state index in [9.17, 15) is 0 Å². The van der Waals surface area contributed by atoms with Crippen molar-refractivity contribution < 1.29 is 4.84 Å². The fraction of sp³-hybridized carbons (Fsp3) is 0. The second-order valence-electron chi connectivity index (χ2n) is 2.73. The van der Waals surface area contributed by atoms with E-state index >= 15 is 0 Å². The Balaban J connectivity index is 2.59. The van der Waals surface area contributed by atoms with E-state index in [0.717, 1.165) is 22.0 Å². The van der Waals surface area contributed by atoms with Crippen molar-refractivity contribution in [2.45, 2.75) is 0 Å². The maximum atomic E-state index is 5.16. The molecule has 58 valence electrons. The Morgan fingerprint density at radius 2 is 2.33 bits per heavy atom. The van der Waals surface area contributed by atoms with Gasteiger partial charge in [-0.25, -0.2) is 10.5 Å². The van der Waals surface area contributed by atoms with E-state index < -0.39 is 0 Å². The molecule has 3 nitrogen and oxygen atoms in total. The Morgan fingerprint density at radius 1 is 1.33 bits per heavy atom. The first kappa shape index (κ1) is 5.83. The summed E-state index contributed by atoms with van der Waals surface area (Å²) in [6.45, 7) is 0. The summed E-state index contributed by atoms with van der Waals surface area (Å²) >= 11 is 0. The molecule has 0 spiro atoms. The Labute approximate surface area is 68.6 Å². The van der Waals surface area contributed by atoms with Gasteiger partial charge in [-0.1, -0.05) is 6.07 Å². The van der Waals surface area contributed by atoms with Crippen molar-refractivity contribution in [2.75, 3.05) is 0 Å². The third-order valence-corrected chi connectivity index (χ3v) is 1.96. The van der Waals surface area contributed by atoms with E-state index in [-0.39, 0.29) is 0 Å². The van der Waals surface area contributed by atoms with Gasteiger partial charge in [0.2, 0.25) is 0 Å². The molecule has 0 amide bonds. The Morgan fingerprint density at radius 3 is 3.33 bits per heavy atom. The van der Waals surface area contributed by atoms with Crippen molar-refractivity contribution in [3.05, 3.63) is 29.5 Å². The van der Waals surface area contributed by atoms with Crippen molar-refractivity contribution >= 4 is 17.2 Å². The predicted octanol–water partition coefficient (Wildman–Crippen LogP) is 0.589. The molecule has 1 aliphatic heterocycles. The highest BCUT2D eigenvalue weighted by atomic mass is 16.6. The first-order chi connectivity index (χ1) is 5.93. The number of hydrogen-bond acceptors (Lipinski definition) is 3. The van der Waals surface area contributed by atoms with Crippen molar-refractivity contribution in [3.63, 3.8) is 0 Å². The van der Waals surface area contributed by atoms with Gasteiger partial charge in [0.25, 0.3) is 0 Å². The lowest BCUT2D eigenvalue weighted by Gasteiger charge is -1.98. The van der Waals surface area contributed by atoms with Gasteiger partial charge in [-0.15, -0.1) is 0 Å². The van der Waals surface area contributed by atoms with Gasteiger partial charge in [-0.05, 0) is 12.1 Å². The largest absolute Gasteiger partial charge is 0.382 e. The van der Waals surface area contributed by atoms with E-state index in [4.69, 9.17) is 4.84 Å². The van der Waals surface area contributed by atoms with Crippen LogP contribution in [0.4, 0.5) is 0 Å². The van der Waals surface area contributed by atoms with Crippen LogP contribution in [0, 0.1) is 0 Å². The minimum Gasteiger partial charge on any atom is -0.382 e. The van der Waals surface area contributed by atoms with Crippen LogP contribution in [-0.2, 0) is 0 Å². The highest BCUT2D eigenvalue weighted by molar-refractivity contribution is 5.66. The van der Waals surface area contributed by atoms with Crippen molar-refractivity contribution in [3.8, 4) is 5.75 Å². The predicted molar refractivity (Wildman–Crippen MR) is 45.2 cm³/mol. The third-order valence-electron chi connectivity index (χ3n) is 1.96. The SMILES string of the molecule is C1=c2c(cc3cccc2n3)ON1. The molecule has 0 unspecified atom stereocenters. The molecule has 3 heterocycles. The number of nitrogens with one attached hydrogen (secondary N) is 1. The van der Waals surface area contributed by atoms with Crippen LogP contribution >= 0.6 is 0 Å². The fourth-order valence-electron chi connectivity index (χ4n) is 1.40. The van der Waals surface area contributed by atoms with Gasteiger partial charge < -0.3 is 4.84 Å². The normalized spacial score (nSPS) is 13.3. The van der Waals surface area contributed by atoms with Gasteiger partial charge in [0.1, 0.15) is 0 Å². The van der Waals surface area contributed by atoms with Crippen LogP contribution in [0.1, 0.15) is 0 Å². The molecule has 0 aromatic carbocycles. The Bertz CT molecular complexity index is 492. The van der Waals surface area contributed by atoms with Crippen LogP contribution in [0.25, 0.3) is 17.2 Å². The maximum Gasteiger partial charge on any atom is 0.168 e. The minimum absolute atomic E-state index is 0.857. The van der Waals surface area contributed by atoms with Crippen LogP contribution < -0.4 is 15.5 Å². The number of hydroxylamine groups is 1. The highest BCUT2D eigenvalue weighted by Gasteiger charge is 2.07. The zero-order valence-electron chi connectivity index (χ0n) is 6.24. The van der Waals surface area contributed by atoms with Gasteiger partial charge in [0.05, 0.1) is 16.3 Å². The zero-order valence-corrected chi connectivity index (χ0v) is 6.24. The molecule has 12 heavy (non-hydrogen) atoms. The first-order valence-electron chi connectivity index (χ1n) is 3.75. The fourth-order valence-corrected chi connectivity index (χ4v) is 1.40. The van der Waals surface area contributed by atoms with Gasteiger partial charge in [-0.2, -0.15) is 0 Å². The minimum atomic E-state index is 0.857. The van der Waals surface area contributed by atoms with Crippen LogP contribution in [0.2, 0.25) is 0 Å². The third kappa shape index (κ3) is 0.625. The number of pyridine rings is 2. The summed E-state index contributed by atoms with van der Waals surface area (Å²) in [5.41, 5.74) is 4.62. The lowest BCUT2D eigenvalue weighted by molar-refractivity contribution is 0.271. The van der Waals surface area contributed by atoms with Gasteiger partial charge in [0, 0.05) is 12.3 Å². The monoisotopic (exact) mass is 158 g/mol. The van der Waals surface area contributed by atoms with Crippen LogP contribution in [0.5, 0.6) is 5.75 Å². The van der Waals surface area contributed by atoms with Gasteiger partial charge in [-0.3, -0.25) is 0 Å². The smallest absolute Gasteiger partial charge is 0.168 e. The van der Waals surface area contributed by atoms with Crippen LogP contribution in [0.15, 0.2) is 24.3 Å². The molecule has 0 radical (unpaired) electrons. The average Bonchev–Trinajstić information content (AvgIpc) is 2.53. The molecule has 3 heteroatoms. The lowest BCUT2D eigenvalue weighted by Crippen LogP contribution is -2.04. The zero-order chi connectivity index (χ0) is 7.97. The molecule has 0 saturated carbocycles. The number of rotatable bonds is 0. The number of hydrogen-bond donors (Lipinski definition) is 1. The van der Waals surface area contributed by atoms with Crippen molar-refractivity contribution in [1.29, 1.82) is 0 Å². The molecule has 2 aromatic heterocycles. The first-order valence-corrected chi connectivity index (χ1v) is 3.75. The molecule has 0 fully saturated rings. The van der Waals surface area contributed by atoms with Crippen LogP contribution in [-0.4, -0.2) is 4.98 Å². The van der Waals surface area contributed by atoms with E-state index in [1.54, 1.807) is 0 Å². The quantitative estimate of drug-likeness (QED) is 0.609. The van der Waals surface area contributed by atoms with E-state index in [1.165, 1.54) is 0 Å². The molecule has 2 bridgehead atoms. The number of aromatic nitrogens is 1. The average molecular weight is 158 g/mol. The van der Waals surface area contributed by atoms with Gasteiger partial charge in [0.15, 0.2) is 5.75 Å². The Kier molecular flexibility index (Phi) is 0.913. The van der Waals surface area contributed by atoms with E-state index in [2.05, 4.69) is 10.5 Å². The maximum absolute atomic E-state index is 5.16. The number of nitrogens with zero attached hydrogens (tertiary/aromatic N) is 1. The topological polar surface area (TPSA) is 34.1 Å². The molecule has 1 N–H and O–H groups in total. The van der Waals surface area contributed by atoms with Crippen molar-refractivity contribution in [1.82, 2.24) is 10.5 Å². The Hall–Kier alpha value is -1.77. The lowest BCUT2D eigenvalue weighted by atomic mass is 10.2. The molecule has 0 aliphatic carbocycles. The molecule has 3 rings (SSSR count). The molecule has 0 atom stereocenters. The summed E-state index contributed by atoms with van der Waals surface area (Å²) in [7, 11) is 0. The van der Waals surface area contributed by atoms with Crippen molar-refractivity contribution in [2.24, 2.45) is 0 Å². The second kappa shape index (κ2) is 1.88. The second-order valence-corrected chi connectivity index (χ2v) is 2.73. The summed E-state index contributed by atoms with van der Waals surface area (Å²) in [5, 5.41) is 1.03. The molecular formula is C9H6N2O. The summed E-state index contributed by atoms with van der Waals surface area (Å²) in [6.07, 6.45) is 1.82. The van der Waals surface area contributed by atoms with Crippen LogP contribution in [0.3, 0.4) is 0 Å². The molecular weight excluding hydrogens is 152 g/mol. The van der Waals surface area contributed by atoms with E-state index in [0.29, 0.717) is 0 Å². The van der Waals surface area contributed by atoms with E-state index in [1.807, 2.05) is 30.5 Å². The van der Waals surface area contributed by atoms with Gasteiger partial charge >= 0.3 is 0 Å². The number of fused-ring (bicyclic) bond motifs is 4. The summed E-state index contributed by atoms with van der Waals surface area (Å²) in [5.74, 6) is 0.857. The summed E-state index contributed by atoms with van der Waals surface area (Å²) in [6, 6.07) is 7.83. The molecule has 1 aliphatic rings. The standard InChI is InChI=1S/C9H6N2O/c1-2-6-4-9-7(5-10-12-9)8(3-1)11-6/h1-5,10H. The summed E-state index contributed by atoms with van der Waals surface area (Å²) in [4.78, 5) is 9.51.